The molecule has 0 aliphatic carbocycles. The predicted octanol–water partition coefficient (Wildman–Crippen LogP) is 3.05. The average molecular weight is 239 g/mol. The number of aromatic nitrogens is 1. The van der Waals surface area contributed by atoms with Crippen LogP contribution < -0.4 is 5.32 Å². The van der Waals surface area contributed by atoms with Crippen LogP contribution in [0.5, 0.6) is 0 Å². The molecule has 3 nitrogen and oxygen atoms in total. The van der Waals surface area contributed by atoms with Crippen molar-refractivity contribution in [1.29, 1.82) is 0 Å². The Morgan fingerprint density at radius 1 is 1.33 bits per heavy atom. The number of nitrogens with one attached hydrogen (secondary N) is 1. The Labute approximate surface area is 95.7 Å². The van der Waals surface area contributed by atoms with Crippen LogP contribution in [0.1, 0.15) is 10.5 Å². The van der Waals surface area contributed by atoms with E-state index >= 15 is 0 Å². The molecule has 1 aromatic carbocycles. The van der Waals surface area contributed by atoms with Crippen molar-refractivity contribution in [2.75, 3.05) is 5.32 Å². The second-order valence-corrected chi connectivity index (χ2v) is 3.99. The monoisotopic (exact) mass is 238 g/mol. The Bertz CT molecular complexity index is 453. The largest absolute Gasteiger partial charge is 0.321 e. The fraction of sp³-hybridized carbons (Fsp3) is 0. The van der Waals surface area contributed by atoms with E-state index in [2.05, 4.69) is 10.3 Å². The SMILES string of the molecule is O=C(Nc1ccc(Cl)cc1)c1cscn1. The van der Waals surface area contributed by atoms with Crippen LogP contribution in [0.3, 0.4) is 0 Å². The predicted molar refractivity (Wildman–Crippen MR) is 61.5 cm³/mol. The zero-order chi connectivity index (χ0) is 10.7. The minimum atomic E-state index is -0.210. The van der Waals surface area contributed by atoms with Gasteiger partial charge in [0.05, 0.1) is 5.51 Å². The van der Waals surface area contributed by atoms with Gasteiger partial charge in [0.1, 0.15) is 5.69 Å². The first kappa shape index (κ1) is 10.1. The van der Waals surface area contributed by atoms with Crippen LogP contribution in [0.25, 0.3) is 0 Å². The van der Waals surface area contributed by atoms with Gasteiger partial charge in [0, 0.05) is 16.1 Å². The number of rotatable bonds is 2. The molecule has 15 heavy (non-hydrogen) atoms. The summed E-state index contributed by atoms with van der Waals surface area (Å²) in [5.41, 5.74) is 2.75. The fourth-order valence-corrected chi connectivity index (χ4v) is 1.71. The number of amides is 1. The van der Waals surface area contributed by atoms with Gasteiger partial charge in [-0.1, -0.05) is 11.6 Å². The van der Waals surface area contributed by atoms with E-state index in [1.165, 1.54) is 11.3 Å². The number of thiazole rings is 1. The van der Waals surface area contributed by atoms with E-state index in [1.54, 1.807) is 35.2 Å². The third-order valence-corrected chi connectivity index (χ3v) is 2.61. The lowest BCUT2D eigenvalue weighted by Crippen LogP contribution is -2.11. The minimum absolute atomic E-state index is 0.210. The van der Waals surface area contributed by atoms with Crippen molar-refractivity contribution in [2.24, 2.45) is 0 Å². The Morgan fingerprint density at radius 2 is 2.07 bits per heavy atom. The lowest BCUT2D eigenvalue weighted by atomic mass is 10.3. The van der Waals surface area contributed by atoms with Crippen LogP contribution >= 0.6 is 22.9 Å². The molecule has 0 unspecified atom stereocenters. The summed E-state index contributed by atoms with van der Waals surface area (Å²) in [5.74, 6) is -0.210. The summed E-state index contributed by atoms with van der Waals surface area (Å²) in [6.07, 6.45) is 0. The van der Waals surface area contributed by atoms with Gasteiger partial charge in [-0.05, 0) is 24.3 Å². The highest BCUT2D eigenvalue weighted by Gasteiger charge is 2.07. The molecular formula is C10H7ClN2OS. The Kier molecular flexibility index (Phi) is 2.99. The van der Waals surface area contributed by atoms with Gasteiger partial charge >= 0.3 is 0 Å². The van der Waals surface area contributed by atoms with Crippen LogP contribution in [-0.2, 0) is 0 Å². The van der Waals surface area contributed by atoms with E-state index in [1.807, 2.05) is 0 Å². The topological polar surface area (TPSA) is 42.0 Å². The molecule has 0 atom stereocenters. The molecule has 0 aliphatic heterocycles. The van der Waals surface area contributed by atoms with Gasteiger partial charge in [-0.3, -0.25) is 4.79 Å². The summed E-state index contributed by atoms with van der Waals surface area (Å²) >= 11 is 7.11. The Hall–Kier alpha value is -1.39. The maximum absolute atomic E-state index is 11.6. The highest BCUT2D eigenvalue weighted by Crippen LogP contribution is 2.14. The van der Waals surface area contributed by atoms with Gasteiger partial charge in [-0.25, -0.2) is 4.98 Å². The number of carbonyl (C=O) groups is 1. The molecule has 1 N–H and O–H groups in total. The fourth-order valence-electron chi connectivity index (χ4n) is 1.05. The third kappa shape index (κ3) is 2.55. The number of nitrogens with zero attached hydrogens (tertiary/aromatic N) is 1. The summed E-state index contributed by atoms with van der Waals surface area (Å²) in [7, 11) is 0. The summed E-state index contributed by atoms with van der Waals surface area (Å²) in [5, 5.41) is 5.06. The van der Waals surface area contributed by atoms with Gasteiger partial charge in [0.25, 0.3) is 5.91 Å². The molecule has 5 heteroatoms. The van der Waals surface area contributed by atoms with Gasteiger partial charge in [-0.15, -0.1) is 11.3 Å². The normalized spacial score (nSPS) is 9.93. The first-order chi connectivity index (χ1) is 7.25. The molecule has 0 spiro atoms. The lowest BCUT2D eigenvalue weighted by molar-refractivity contribution is 0.102. The zero-order valence-electron chi connectivity index (χ0n) is 7.61. The number of anilines is 1. The van der Waals surface area contributed by atoms with Gasteiger partial charge in [0.15, 0.2) is 0 Å². The van der Waals surface area contributed by atoms with Crippen molar-refractivity contribution < 1.29 is 4.79 Å². The molecule has 1 amide bonds. The minimum Gasteiger partial charge on any atom is -0.321 e. The molecule has 0 aliphatic rings. The van der Waals surface area contributed by atoms with Crippen LogP contribution in [0.4, 0.5) is 5.69 Å². The maximum Gasteiger partial charge on any atom is 0.275 e. The quantitative estimate of drug-likeness (QED) is 0.874. The average Bonchev–Trinajstić information content (AvgIpc) is 2.74. The molecule has 76 valence electrons. The number of benzene rings is 1. The third-order valence-electron chi connectivity index (χ3n) is 1.77. The molecular weight excluding hydrogens is 232 g/mol. The Morgan fingerprint density at radius 3 is 2.67 bits per heavy atom. The first-order valence-electron chi connectivity index (χ1n) is 4.21. The summed E-state index contributed by atoms with van der Waals surface area (Å²) in [4.78, 5) is 15.5. The van der Waals surface area contributed by atoms with Crippen molar-refractivity contribution in [3.8, 4) is 0 Å². The first-order valence-corrected chi connectivity index (χ1v) is 5.53. The molecule has 0 bridgehead atoms. The number of hydrogen-bond acceptors (Lipinski definition) is 3. The molecule has 0 fully saturated rings. The molecule has 1 heterocycles. The van der Waals surface area contributed by atoms with Crippen molar-refractivity contribution in [3.63, 3.8) is 0 Å². The zero-order valence-corrected chi connectivity index (χ0v) is 9.18. The van der Waals surface area contributed by atoms with E-state index < -0.39 is 0 Å². The highest BCUT2D eigenvalue weighted by molar-refractivity contribution is 7.07. The second kappa shape index (κ2) is 4.42. The molecule has 0 saturated heterocycles. The number of halogens is 1. The van der Waals surface area contributed by atoms with Crippen molar-refractivity contribution in [2.45, 2.75) is 0 Å². The summed E-state index contributed by atoms with van der Waals surface area (Å²) in [6.45, 7) is 0. The molecule has 2 rings (SSSR count). The smallest absolute Gasteiger partial charge is 0.275 e. The maximum atomic E-state index is 11.6. The van der Waals surface area contributed by atoms with Crippen LogP contribution in [0.2, 0.25) is 5.02 Å². The molecule has 0 saturated carbocycles. The second-order valence-electron chi connectivity index (χ2n) is 2.83. The standard InChI is InChI=1S/C10H7ClN2OS/c11-7-1-3-8(4-2-7)13-10(14)9-5-15-6-12-9/h1-6H,(H,13,14). The summed E-state index contributed by atoms with van der Waals surface area (Å²) < 4.78 is 0. The van der Waals surface area contributed by atoms with Gasteiger partial charge < -0.3 is 5.32 Å². The molecule has 2 aromatic rings. The highest BCUT2D eigenvalue weighted by atomic mass is 35.5. The van der Waals surface area contributed by atoms with Gasteiger partial charge in [-0.2, -0.15) is 0 Å². The molecule has 1 aromatic heterocycles. The van der Waals surface area contributed by atoms with Crippen LogP contribution in [0, 0.1) is 0 Å². The van der Waals surface area contributed by atoms with Crippen molar-refractivity contribution in [1.82, 2.24) is 4.98 Å². The number of carbonyl (C=O) groups excluding carboxylic acids is 1. The van der Waals surface area contributed by atoms with E-state index in [-0.39, 0.29) is 5.91 Å². The van der Waals surface area contributed by atoms with Crippen LogP contribution in [0.15, 0.2) is 35.2 Å². The van der Waals surface area contributed by atoms with Crippen LogP contribution in [-0.4, -0.2) is 10.9 Å². The summed E-state index contributed by atoms with van der Waals surface area (Å²) in [6, 6.07) is 6.93. The van der Waals surface area contributed by atoms with E-state index in [9.17, 15) is 4.79 Å². The van der Waals surface area contributed by atoms with E-state index in [0.29, 0.717) is 16.4 Å². The van der Waals surface area contributed by atoms with Gasteiger partial charge in [0.2, 0.25) is 0 Å². The van der Waals surface area contributed by atoms with Crippen molar-refractivity contribution >= 4 is 34.5 Å². The Balaban J connectivity index is 2.09. The number of hydrogen-bond donors (Lipinski definition) is 1. The van der Waals surface area contributed by atoms with E-state index in [0.717, 1.165) is 0 Å². The van der Waals surface area contributed by atoms with Crippen molar-refractivity contribution in [3.05, 3.63) is 45.9 Å². The molecule has 0 radical (unpaired) electrons. The van der Waals surface area contributed by atoms with E-state index in [4.69, 9.17) is 11.6 Å². The lowest BCUT2D eigenvalue weighted by Gasteiger charge is -2.02.